The van der Waals surface area contributed by atoms with Gasteiger partial charge in [0.25, 0.3) is 5.56 Å². The third kappa shape index (κ3) is 4.13. The van der Waals surface area contributed by atoms with Gasteiger partial charge < -0.3 is 4.74 Å². The normalized spacial score (nSPS) is 16.1. The lowest BCUT2D eigenvalue weighted by Gasteiger charge is -2.24. The molecule has 3 aromatic rings. The lowest BCUT2D eigenvalue weighted by Crippen LogP contribution is -2.39. The first-order chi connectivity index (χ1) is 14.9. The smallest absolute Gasteiger partial charge is 0.338 e. The second-order valence-corrected chi connectivity index (χ2v) is 8.71. The van der Waals surface area contributed by atoms with Crippen molar-refractivity contribution in [2.24, 2.45) is 4.99 Å². The Balaban J connectivity index is 1.94. The number of carbonyl (C=O) groups excluding carboxylic acids is 1. The maximum atomic E-state index is 13.4. The summed E-state index contributed by atoms with van der Waals surface area (Å²) >= 11 is 7.38. The van der Waals surface area contributed by atoms with Gasteiger partial charge in [0.2, 0.25) is 0 Å². The van der Waals surface area contributed by atoms with Gasteiger partial charge in [-0.25, -0.2) is 9.79 Å². The second-order valence-electron chi connectivity index (χ2n) is 7.26. The monoisotopic (exact) mass is 452 g/mol. The molecule has 0 fully saturated rings. The fourth-order valence-electron chi connectivity index (χ4n) is 3.57. The van der Waals surface area contributed by atoms with Crippen LogP contribution in [0.4, 0.5) is 0 Å². The topological polar surface area (TPSA) is 60.7 Å². The maximum Gasteiger partial charge on any atom is 0.338 e. The lowest BCUT2D eigenvalue weighted by molar-refractivity contribution is -0.139. The van der Waals surface area contributed by atoms with Gasteiger partial charge in [-0.1, -0.05) is 64.9 Å². The van der Waals surface area contributed by atoms with E-state index in [9.17, 15) is 9.59 Å². The van der Waals surface area contributed by atoms with Crippen LogP contribution in [0.2, 0.25) is 5.02 Å². The first-order valence-corrected chi connectivity index (χ1v) is 11.1. The van der Waals surface area contributed by atoms with Crippen LogP contribution in [0.25, 0.3) is 6.08 Å². The molecule has 1 aromatic heterocycles. The minimum atomic E-state index is -0.632. The van der Waals surface area contributed by atoms with E-state index in [4.69, 9.17) is 16.3 Å². The molecule has 0 aliphatic carbocycles. The van der Waals surface area contributed by atoms with Crippen LogP contribution in [-0.2, 0) is 9.53 Å². The van der Waals surface area contributed by atoms with Gasteiger partial charge in [-0.2, -0.15) is 0 Å². The molecule has 0 bridgehead atoms. The number of carbonyl (C=O) groups is 1. The Morgan fingerprint density at radius 2 is 1.84 bits per heavy atom. The van der Waals surface area contributed by atoms with E-state index >= 15 is 0 Å². The highest BCUT2D eigenvalue weighted by molar-refractivity contribution is 7.07. The molecule has 1 aliphatic heterocycles. The number of halogens is 1. The molecule has 0 amide bonds. The zero-order chi connectivity index (χ0) is 22.1. The first-order valence-electron chi connectivity index (χ1n) is 9.91. The zero-order valence-corrected chi connectivity index (χ0v) is 19.0. The highest BCUT2D eigenvalue weighted by Crippen LogP contribution is 2.31. The number of hydrogen-bond donors (Lipinski definition) is 0. The Bertz CT molecular complexity index is 1350. The van der Waals surface area contributed by atoms with Gasteiger partial charge >= 0.3 is 5.97 Å². The molecule has 0 saturated carbocycles. The summed E-state index contributed by atoms with van der Waals surface area (Å²) < 4.78 is 7.42. The van der Waals surface area contributed by atoms with E-state index in [1.807, 2.05) is 49.4 Å². The summed E-state index contributed by atoms with van der Waals surface area (Å²) in [4.78, 5) is 31.4. The van der Waals surface area contributed by atoms with Gasteiger partial charge in [0.15, 0.2) is 4.80 Å². The number of allylic oxidation sites excluding steroid dienone is 1. The van der Waals surface area contributed by atoms with E-state index in [0.717, 1.165) is 16.7 Å². The quantitative estimate of drug-likeness (QED) is 0.566. The number of aromatic nitrogens is 1. The van der Waals surface area contributed by atoms with Crippen molar-refractivity contribution in [3.63, 3.8) is 0 Å². The van der Waals surface area contributed by atoms with Crippen molar-refractivity contribution >= 4 is 35.0 Å². The summed E-state index contributed by atoms with van der Waals surface area (Å²) in [5.74, 6) is -0.475. The van der Waals surface area contributed by atoms with Crippen molar-refractivity contribution < 1.29 is 9.53 Å². The number of aryl methyl sites for hydroxylation is 1. The van der Waals surface area contributed by atoms with Crippen LogP contribution in [0, 0.1) is 6.92 Å². The number of rotatable bonds is 4. The molecule has 0 saturated heterocycles. The number of esters is 1. The van der Waals surface area contributed by atoms with Crippen molar-refractivity contribution in [3.05, 3.63) is 101 Å². The molecule has 0 spiro atoms. The molecule has 7 heteroatoms. The predicted octanol–water partition coefficient (Wildman–Crippen LogP) is 3.76. The summed E-state index contributed by atoms with van der Waals surface area (Å²) in [6.45, 7) is 5.78. The molecule has 0 unspecified atom stereocenters. The molecule has 31 heavy (non-hydrogen) atoms. The molecule has 4 rings (SSSR count). The Kier molecular flexibility index (Phi) is 5.94. The summed E-state index contributed by atoms with van der Waals surface area (Å²) in [6.07, 6.45) is 1.85. The van der Waals surface area contributed by atoms with Gasteiger partial charge in [-0.3, -0.25) is 9.36 Å². The molecule has 0 radical (unpaired) electrons. The third-order valence-corrected chi connectivity index (χ3v) is 6.31. The van der Waals surface area contributed by atoms with Crippen molar-refractivity contribution in [2.45, 2.75) is 26.8 Å². The van der Waals surface area contributed by atoms with Gasteiger partial charge in [-0.05, 0) is 50.1 Å². The van der Waals surface area contributed by atoms with Crippen molar-refractivity contribution in [1.82, 2.24) is 4.57 Å². The first kappa shape index (κ1) is 21.3. The average molecular weight is 453 g/mol. The fraction of sp³-hybridized carbons (Fsp3) is 0.208. The maximum absolute atomic E-state index is 13.4. The van der Waals surface area contributed by atoms with E-state index < -0.39 is 12.0 Å². The predicted molar refractivity (Wildman–Crippen MR) is 123 cm³/mol. The van der Waals surface area contributed by atoms with Crippen LogP contribution in [-0.4, -0.2) is 17.1 Å². The average Bonchev–Trinajstić information content (AvgIpc) is 3.04. The highest BCUT2D eigenvalue weighted by atomic mass is 35.5. The molecule has 2 aromatic carbocycles. The fourth-order valence-corrected chi connectivity index (χ4v) is 4.74. The van der Waals surface area contributed by atoms with Gasteiger partial charge in [0.1, 0.15) is 0 Å². The molecular weight excluding hydrogens is 432 g/mol. The van der Waals surface area contributed by atoms with Crippen LogP contribution in [0.1, 0.15) is 36.6 Å². The number of thiazole rings is 1. The van der Waals surface area contributed by atoms with Crippen LogP contribution >= 0.6 is 22.9 Å². The van der Waals surface area contributed by atoms with Crippen LogP contribution in [0.3, 0.4) is 0 Å². The molecular formula is C24H21ClN2O3S. The Morgan fingerprint density at radius 3 is 2.48 bits per heavy atom. The lowest BCUT2D eigenvalue weighted by atomic mass is 9.96. The SMILES string of the molecule is CCOC(=O)C1=C(C)N=c2s/c(=C\c3ccc(C)cc3)c(=O)n2[C@H]1c1ccc(Cl)cc1. The van der Waals surface area contributed by atoms with Crippen LogP contribution in [0.15, 0.2) is 69.6 Å². The minimum absolute atomic E-state index is 0.196. The van der Waals surface area contributed by atoms with E-state index in [1.54, 1.807) is 30.5 Å². The van der Waals surface area contributed by atoms with Gasteiger partial charge in [0.05, 0.1) is 28.5 Å². The molecule has 2 heterocycles. The summed E-state index contributed by atoms with van der Waals surface area (Å²) in [5, 5.41) is 0.578. The summed E-state index contributed by atoms with van der Waals surface area (Å²) in [5.41, 5.74) is 3.56. The number of hydrogen-bond acceptors (Lipinski definition) is 5. The van der Waals surface area contributed by atoms with Gasteiger partial charge in [-0.15, -0.1) is 0 Å². The molecule has 1 atom stereocenters. The largest absolute Gasteiger partial charge is 0.463 e. The Labute approximate surface area is 188 Å². The number of fused-ring (bicyclic) bond motifs is 1. The van der Waals surface area contributed by atoms with Crippen molar-refractivity contribution in [3.8, 4) is 0 Å². The third-order valence-electron chi connectivity index (χ3n) is 5.08. The second kappa shape index (κ2) is 8.65. The summed E-state index contributed by atoms with van der Waals surface area (Å²) in [6, 6.07) is 14.5. The van der Waals surface area contributed by atoms with E-state index in [0.29, 0.717) is 25.6 Å². The Morgan fingerprint density at radius 1 is 1.16 bits per heavy atom. The van der Waals surface area contributed by atoms with Crippen molar-refractivity contribution in [1.29, 1.82) is 0 Å². The molecule has 158 valence electrons. The molecule has 0 N–H and O–H groups in total. The van der Waals surface area contributed by atoms with E-state index in [1.165, 1.54) is 11.3 Å². The number of ether oxygens (including phenoxy) is 1. The van der Waals surface area contributed by atoms with E-state index in [2.05, 4.69) is 4.99 Å². The summed E-state index contributed by atoms with van der Waals surface area (Å²) in [7, 11) is 0. The number of nitrogens with zero attached hydrogens (tertiary/aromatic N) is 2. The van der Waals surface area contributed by atoms with Crippen LogP contribution < -0.4 is 14.9 Å². The zero-order valence-electron chi connectivity index (χ0n) is 17.4. The highest BCUT2D eigenvalue weighted by Gasteiger charge is 2.33. The van der Waals surface area contributed by atoms with Crippen LogP contribution in [0.5, 0.6) is 0 Å². The van der Waals surface area contributed by atoms with E-state index in [-0.39, 0.29) is 12.2 Å². The molecule has 1 aliphatic rings. The van der Waals surface area contributed by atoms with Crippen molar-refractivity contribution in [2.75, 3.05) is 6.61 Å². The minimum Gasteiger partial charge on any atom is -0.463 e. The standard InChI is InChI=1S/C24H21ClN2O3S/c1-4-30-23(29)20-15(3)26-24-27(21(20)17-9-11-18(25)12-10-17)22(28)19(31-24)13-16-7-5-14(2)6-8-16/h5-13,21H,4H2,1-3H3/b19-13-/t21-/m0/s1. The Hall–Kier alpha value is -2.96. The van der Waals surface area contributed by atoms with Gasteiger partial charge in [0, 0.05) is 5.02 Å². The molecule has 5 nitrogen and oxygen atoms in total. The number of benzene rings is 2.